The maximum absolute atomic E-state index is 10.1. The van der Waals surface area contributed by atoms with E-state index in [2.05, 4.69) is 0 Å². The molecule has 0 radical (unpaired) electrons. The third kappa shape index (κ3) is 3.51. The largest absolute Gasteiger partial charge is 0.494 e. The van der Waals surface area contributed by atoms with Crippen LogP contribution in [0.1, 0.15) is 6.92 Å². The van der Waals surface area contributed by atoms with Crippen molar-refractivity contribution in [2.24, 2.45) is 0 Å². The highest BCUT2D eigenvalue weighted by Gasteiger charge is 1.94. The number of hydrogen-bond acceptors (Lipinski definition) is 3. The lowest BCUT2D eigenvalue weighted by Gasteiger charge is -2.03. The molecule has 70 valence electrons. The molecule has 0 saturated heterocycles. The molecule has 0 aromatic heterocycles. The summed E-state index contributed by atoms with van der Waals surface area (Å²) in [6.45, 7) is 2.63. The number of aldehydes is 1. The Kier molecular flexibility index (Phi) is 4.40. The molecular weight excluding hydrogens is 184 g/mol. The molecule has 1 aromatic carbocycles. The molecule has 0 aliphatic rings. The van der Waals surface area contributed by atoms with E-state index in [1.54, 1.807) is 0 Å². The Balaban J connectivity index is 2.53. The average molecular weight is 196 g/mol. The van der Waals surface area contributed by atoms with E-state index >= 15 is 0 Å². The van der Waals surface area contributed by atoms with Gasteiger partial charge in [0.2, 0.25) is 0 Å². The van der Waals surface area contributed by atoms with E-state index in [-0.39, 0.29) is 0 Å². The normalized spacial score (nSPS) is 9.62. The second-order valence-electron chi connectivity index (χ2n) is 2.38. The van der Waals surface area contributed by atoms with Crippen molar-refractivity contribution >= 4 is 18.0 Å². The van der Waals surface area contributed by atoms with Gasteiger partial charge in [0, 0.05) is 4.90 Å². The molecule has 0 unspecified atom stereocenters. The Bertz CT molecular complexity index is 256. The zero-order valence-corrected chi connectivity index (χ0v) is 8.34. The van der Waals surface area contributed by atoms with Gasteiger partial charge in [-0.25, -0.2) is 0 Å². The molecular formula is C10H12O2S. The van der Waals surface area contributed by atoms with E-state index in [1.807, 2.05) is 31.2 Å². The third-order valence-electron chi connectivity index (χ3n) is 1.45. The summed E-state index contributed by atoms with van der Waals surface area (Å²) in [5.41, 5.74) is 0. The zero-order chi connectivity index (χ0) is 9.52. The van der Waals surface area contributed by atoms with Crippen molar-refractivity contribution in [2.75, 3.05) is 12.4 Å². The number of carbonyl (C=O) groups excluding carboxylic acids is 1. The molecule has 0 aliphatic carbocycles. The van der Waals surface area contributed by atoms with Gasteiger partial charge in [0.1, 0.15) is 12.0 Å². The van der Waals surface area contributed by atoms with Crippen LogP contribution in [0.15, 0.2) is 29.2 Å². The first-order chi connectivity index (χ1) is 6.36. The van der Waals surface area contributed by atoms with Crippen molar-refractivity contribution in [1.82, 2.24) is 0 Å². The van der Waals surface area contributed by atoms with Crippen LogP contribution < -0.4 is 4.74 Å². The molecule has 2 nitrogen and oxygen atoms in total. The fourth-order valence-electron chi connectivity index (χ4n) is 0.929. The maximum atomic E-state index is 10.1. The number of rotatable bonds is 5. The van der Waals surface area contributed by atoms with Gasteiger partial charge in [0.15, 0.2) is 0 Å². The van der Waals surface area contributed by atoms with E-state index < -0.39 is 0 Å². The minimum Gasteiger partial charge on any atom is -0.494 e. The van der Waals surface area contributed by atoms with Crippen LogP contribution in [0.25, 0.3) is 0 Å². The Labute approximate surface area is 82.3 Å². The predicted molar refractivity (Wildman–Crippen MR) is 54.4 cm³/mol. The summed E-state index contributed by atoms with van der Waals surface area (Å²) >= 11 is 1.52. The quantitative estimate of drug-likeness (QED) is 0.534. The predicted octanol–water partition coefficient (Wildman–Crippen LogP) is 2.38. The summed E-state index contributed by atoms with van der Waals surface area (Å²) in [6, 6.07) is 7.74. The van der Waals surface area contributed by atoms with Gasteiger partial charge in [-0.15, -0.1) is 11.8 Å². The molecule has 0 atom stereocenters. The number of thioether (sulfide) groups is 1. The Morgan fingerprint density at radius 2 is 2.08 bits per heavy atom. The van der Waals surface area contributed by atoms with Gasteiger partial charge in [-0.3, -0.25) is 0 Å². The number of hydrogen-bond donors (Lipinski definition) is 0. The van der Waals surface area contributed by atoms with Gasteiger partial charge in [-0.05, 0) is 31.2 Å². The van der Waals surface area contributed by atoms with Crippen molar-refractivity contribution in [3.63, 3.8) is 0 Å². The van der Waals surface area contributed by atoms with Crippen LogP contribution >= 0.6 is 11.8 Å². The lowest BCUT2D eigenvalue weighted by molar-refractivity contribution is -0.105. The number of carbonyl (C=O) groups is 1. The van der Waals surface area contributed by atoms with Crippen LogP contribution in [0, 0.1) is 0 Å². The third-order valence-corrected chi connectivity index (χ3v) is 2.36. The molecule has 0 heterocycles. The summed E-state index contributed by atoms with van der Waals surface area (Å²) in [7, 11) is 0. The van der Waals surface area contributed by atoms with Crippen molar-refractivity contribution in [3.05, 3.63) is 24.3 Å². The van der Waals surface area contributed by atoms with E-state index in [0.717, 1.165) is 16.9 Å². The molecule has 13 heavy (non-hydrogen) atoms. The molecule has 3 heteroatoms. The molecule has 0 N–H and O–H groups in total. The standard InChI is InChI=1S/C10H12O2S/c1-2-12-9-3-5-10(6-4-9)13-8-7-11/h3-7H,2,8H2,1H3. The smallest absolute Gasteiger partial charge is 0.130 e. The Hall–Kier alpha value is -0.960. The molecule has 0 bridgehead atoms. The number of ether oxygens (including phenoxy) is 1. The van der Waals surface area contributed by atoms with E-state index in [4.69, 9.17) is 4.74 Å². The fourth-order valence-corrected chi connectivity index (χ4v) is 1.52. The SMILES string of the molecule is CCOc1ccc(SCC=O)cc1. The van der Waals surface area contributed by atoms with Gasteiger partial charge in [-0.1, -0.05) is 0 Å². The Morgan fingerprint density at radius 1 is 1.38 bits per heavy atom. The van der Waals surface area contributed by atoms with Crippen LogP contribution in [-0.2, 0) is 4.79 Å². The maximum Gasteiger partial charge on any atom is 0.130 e. The molecule has 0 saturated carbocycles. The monoisotopic (exact) mass is 196 g/mol. The van der Waals surface area contributed by atoms with Crippen molar-refractivity contribution in [1.29, 1.82) is 0 Å². The topological polar surface area (TPSA) is 26.3 Å². The van der Waals surface area contributed by atoms with E-state index in [1.165, 1.54) is 11.8 Å². The van der Waals surface area contributed by atoms with E-state index in [9.17, 15) is 4.79 Å². The molecule has 1 rings (SSSR count). The minimum absolute atomic E-state index is 0.508. The Morgan fingerprint density at radius 3 is 2.62 bits per heavy atom. The van der Waals surface area contributed by atoms with Crippen LogP contribution in [0.5, 0.6) is 5.75 Å². The van der Waals surface area contributed by atoms with E-state index in [0.29, 0.717) is 12.4 Å². The van der Waals surface area contributed by atoms with Gasteiger partial charge in [0.25, 0.3) is 0 Å². The average Bonchev–Trinajstić information content (AvgIpc) is 2.17. The van der Waals surface area contributed by atoms with Gasteiger partial charge >= 0.3 is 0 Å². The van der Waals surface area contributed by atoms with Crippen LogP contribution in [0.2, 0.25) is 0 Å². The minimum atomic E-state index is 0.508. The van der Waals surface area contributed by atoms with Crippen molar-refractivity contribution in [2.45, 2.75) is 11.8 Å². The highest BCUT2D eigenvalue weighted by molar-refractivity contribution is 7.99. The fraction of sp³-hybridized carbons (Fsp3) is 0.300. The summed E-state index contributed by atoms with van der Waals surface area (Å²) < 4.78 is 5.29. The first kappa shape index (κ1) is 10.1. The van der Waals surface area contributed by atoms with Crippen LogP contribution in [0.3, 0.4) is 0 Å². The molecule has 0 aliphatic heterocycles. The highest BCUT2D eigenvalue weighted by atomic mass is 32.2. The molecule has 1 aromatic rings. The number of benzene rings is 1. The summed E-state index contributed by atoms with van der Waals surface area (Å²) in [6.07, 6.45) is 0.904. The lowest BCUT2D eigenvalue weighted by atomic mass is 10.3. The van der Waals surface area contributed by atoms with Gasteiger partial charge < -0.3 is 9.53 Å². The molecule has 0 spiro atoms. The second-order valence-corrected chi connectivity index (χ2v) is 3.48. The molecule has 0 fully saturated rings. The second kappa shape index (κ2) is 5.65. The molecule has 0 amide bonds. The zero-order valence-electron chi connectivity index (χ0n) is 7.53. The van der Waals surface area contributed by atoms with Crippen molar-refractivity contribution < 1.29 is 9.53 Å². The highest BCUT2D eigenvalue weighted by Crippen LogP contribution is 2.20. The summed E-state index contributed by atoms with van der Waals surface area (Å²) in [5.74, 6) is 1.38. The summed E-state index contributed by atoms with van der Waals surface area (Å²) in [5, 5.41) is 0. The van der Waals surface area contributed by atoms with Gasteiger partial charge in [-0.2, -0.15) is 0 Å². The van der Waals surface area contributed by atoms with Crippen LogP contribution in [0.4, 0.5) is 0 Å². The first-order valence-electron chi connectivity index (χ1n) is 4.16. The van der Waals surface area contributed by atoms with Crippen LogP contribution in [-0.4, -0.2) is 18.6 Å². The summed E-state index contributed by atoms with van der Waals surface area (Å²) in [4.78, 5) is 11.2. The van der Waals surface area contributed by atoms with Gasteiger partial charge in [0.05, 0.1) is 12.4 Å². The van der Waals surface area contributed by atoms with Crippen molar-refractivity contribution in [3.8, 4) is 5.75 Å². The first-order valence-corrected chi connectivity index (χ1v) is 5.14. The lowest BCUT2D eigenvalue weighted by Crippen LogP contribution is -1.90.